The molecule has 34 heavy (non-hydrogen) atoms. The van der Waals surface area contributed by atoms with Crippen molar-refractivity contribution in [3.63, 3.8) is 0 Å². The van der Waals surface area contributed by atoms with Crippen molar-refractivity contribution in [3.8, 4) is 5.75 Å². The van der Waals surface area contributed by atoms with Crippen LogP contribution < -0.4 is 10.1 Å². The van der Waals surface area contributed by atoms with Gasteiger partial charge >= 0.3 is 0 Å². The Balaban J connectivity index is 1.68. The summed E-state index contributed by atoms with van der Waals surface area (Å²) in [6, 6.07) is 10.0. The van der Waals surface area contributed by atoms with Gasteiger partial charge in [0.15, 0.2) is 0 Å². The molecule has 0 spiro atoms. The number of carbonyl (C=O) groups excluding carboxylic acids is 2. The molecule has 2 aromatic carbocycles. The summed E-state index contributed by atoms with van der Waals surface area (Å²) in [5.41, 5.74) is 0.757. The highest BCUT2D eigenvalue weighted by Gasteiger charge is 2.29. The predicted molar refractivity (Wildman–Crippen MR) is 124 cm³/mol. The van der Waals surface area contributed by atoms with E-state index in [0.29, 0.717) is 18.8 Å². The third kappa shape index (κ3) is 6.40. The fraction of sp³-hybridized carbons (Fsp3) is 0.304. The molecule has 182 valence electrons. The van der Waals surface area contributed by atoms with Gasteiger partial charge in [0.25, 0.3) is 0 Å². The Labute approximate surface area is 197 Å². The fourth-order valence-electron chi connectivity index (χ4n) is 3.28. The normalized spacial score (nSPS) is 14.7. The number of benzene rings is 2. The van der Waals surface area contributed by atoms with Crippen LogP contribution in [0.4, 0.5) is 10.1 Å². The minimum Gasteiger partial charge on any atom is -0.495 e. The molecule has 0 atom stereocenters. The third-order valence-corrected chi connectivity index (χ3v) is 6.98. The van der Waals surface area contributed by atoms with Crippen molar-refractivity contribution in [1.82, 2.24) is 9.21 Å². The van der Waals surface area contributed by atoms with E-state index in [9.17, 15) is 22.4 Å². The number of halogens is 1. The number of amides is 2. The smallest absolute Gasteiger partial charge is 0.246 e. The van der Waals surface area contributed by atoms with Gasteiger partial charge in [0.1, 0.15) is 16.5 Å². The maximum atomic E-state index is 13.2. The number of sulfonamides is 1. The molecule has 0 unspecified atom stereocenters. The first-order chi connectivity index (χ1) is 16.2. The fourth-order valence-corrected chi connectivity index (χ4v) is 4.88. The lowest BCUT2D eigenvalue weighted by atomic mass is 10.2. The number of methoxy groups -OCH3 is 1. The molecule has 0 aliphatic carbocycles. The zero-order valence-corrected chi connectivity index (χ0v) is 19.7. The van der Waals surface area contributed by atoms with Gasteiger partial charge in [-0.3, -0.25) is 9.59 Å². The molecule has 2 aromatic rings. The second kappa shape index (κ2) is 11.2. The Hall–Kier alpha value is -3.28. The number of rotatable bonds is 8. The molecule has 11 heteroatoms. The van der Waals surface area contributed by atoms with Crippen molar-refractivity contribution >= 4 is 33.6 Å². The van der Waals surface area contributed by atoms with Gasteiger partial charge in [-0.15, -0.1) is 0 Å². The molecule has 1 heterocycles. The first-order valence-electron chi connectivity index (χ1n) is 10.5. The molecule has 0 saturated carbocycles. The van der Waals surface area contributed by atoms with Crippen LogP contribution in [-0.2, 0) is 24.3 Å². The van der Waals surface area contributed by atoms with Crippen LogP contribution >= 0.6 is 0 Å². The Kier molecular flexibility index (Phi) is 8.37. The minimum atomic E-state index is -3.81. The van der Waals surface area contributed by atoms with Crippen LogP contribution in [0.2, 0.25) is 0 Å². The Morgan fingerprint density at radius 3 is 2.62 bits per heavy atom. The second-order valence-corrected chi connectivity index (χ2v) is 9.42. The average Bonchev–Trinajstić information content (AvgIpc) is 2.82. The van der Waals surface area contributed by atoms with Crippen molar-refractivity contribution in [3.05, 3.63) is 59.9 Å². The number of nitrogens with zero attached hydrogens (tertiary/aromatic N) is 2. The molecule has 0 radical (unpaired) electrons. The molecule has 2 amide bonds. The van der Waals surface area contributed by atoms with E-state index in [2.05, 4.69) is 5.32 Å². The van der Waals surface area contributed by atoms with E-state index < -0.39 is 27.7 Å². The largest absolute Gasteiger partial charge is 0.495 e. The van der Waals surface area contributed by atoms with Crippen molar-refractivity contribution in [2.24, 2.45) is 0 Å². The lowest BCUT2D eigenvalue weighted by Gasteiger charge is -2.26. The summed E-state index contributed by atoms with van der Waals surface area (Å²) in [7, 11) is -0.981. The van der Waals surface area contributed by atoms with Gasteiger partial charge in [-0.05, 0) is 42.0 Å². The second-order valence-electron chi connectivity index (χ2n) is 7.51. The molecule has 1 aliphatic rings. The van der Waals surface area contributed by atoms with E-state index in [1.165, 1.54) is 71.9 Å². The van der Waals surface area contributed by atoms with Crippen LogP contribution in [0.25, 0.3) is 6.08 Å². The molecular weight excluding hydrogens is 465 g/mol. The molecule has 0 aromatic heterocycles. The van der Waals surface area contributed by atoms with Gasteiger partial charge in [-0.25, -0.2) is 12.8 Å². The summed E-state index contributed by atoms with van der Waals surface area (Å²) in [5, 5.41) is 2.52. The number of ether oxygens (including phenoxy) is 2. The molecular formula is C23H26FN3O6S. The molecule has 1 fully saturated rings. The first-order valence-corrected chi connectivity index (χ1v) is 11.9. The first kappa shape index (κ1) is 25.3. The minimum absolute atomic E-state index is 0.00525. The topological polar surface area (TPSA) is 105 Å². The number of hydrogen-bond acceptors (Lipinski definition) is 6. The van der Waals surface area contributed by atoms with Crippen LogP contribution in [0.3, 0.4) is 0 Å². The maximum Gasteiger partial charge on any atom is 0.246 e. The molecule has 1 saturated heterocycles. The van der Waals surface area contributed by atoms with Crippen LogP contribution in [0.15, 0.2) is 53.4 Å². The van der Waals surface area contributed by atoms with E-state index in [0.717, 1.165) is 0 Å². The van der Waals surface area contributed by atoms with E-state index in [1.54, 1.807) is 6.07 Å². The predicted octanol–water partition coefficient (Wildman–Crippen LogP) is 1.97. The van der Waals surface area contributed by atoms with Gasteiger partial charge in [-0.2, -0.15) is 4.31 Å². The molecule has 0 bridgehead atoms. The van der Waals surface area contributed by atoms with Crippen LogP contribution in [0.1, 0.15) is 5.56 Å². The van der Waals surface area contributed by atoms with Gasteiger partial charge in [0.05, 0.1) is 26.9 Å². The van der Waals surface area contributed by atoms with E-state index in [4.69, 9.17) is 9.47 Å². The third-order valence-electron chi connectivity index (χ3n) is 5.06. The average molecular weight is 492 g/mol. The van der Waals surface area contributed by atoms with Crippen molar-refractivity contribution in [1.29, 1.82) is 0 Å². The summed E-state index contributed by atoms with van der Waals surface area (Å²) in [6.07, 6.45) is 2.70. The van der Waals surface area contributed by atoms with Crippen LogP contribution in [0.5, 0.6) is 5.75 Å². The van der Waals surface area contributed by atoms with Crippen molar-refractivity contribution < 1.29 is 31.9 Å². The summed E-state index contributed by atoms with van der Waals surface area (Å²) in [4.78, 5) is 25.8. The Morgan fingerprint density at radius 1 is 1.21 bits per heavy atom. The van der Waals surface area contributed by atoms with Crippen LogP contribution in [-0.4, -0.2) is 76.4 Å². The van der Waals surface area contributed by atoms with Gasteiger partial charge in [-0.1, -0.05) is 12.1 Å². The molecule has 1 N–H and O–H groups in total. The van der Waals surface area contributed by atoms with Gasteiger partial charge in [0, 0.05) is 31.9 Å². The highest BCUT2D eigenvalue weighted by atomic mass is 32.2. The number of carbonyl (C=O) groups is 2. The Morgan fingerprint density at radius 2 is 1.94 bits per heavy atom. The number of likely N-dealkylation sites (N-methyl/N-ethyl adjacent to an activating group) is 1. The summed E-state index contributed by atoms with van der Waals surface area (Å²) in [6.45, 7) is 0.863. The standard InChI is InChI=1S/C23H26FN3O6S/c1-26(16-22(28)25-19-5-3-4-18(24)15-19)23(29)9-7-17-6-8-20(32-2)21(14-17)34(30,31)27-10-12-33-13-11-27/h3-9,14-15H,10-13,16H2,1-2H3,(H,25,28). The van der Waals surface area contributed by atoms with E-state index in [-0.39, 0.29) is 36.0 Å². The summed E-state index contributed by atoms with van der Waals surface area (Å²) < 4.78 is 51.2. The molecule has 1 aliphatic heterocycles. The number of morpholine rings is 1. The Bertz CT molecular complexity index is 1180. The lowest BCUT2D eigenvalue weighted by molar-refractivity contribution is -0.129. The monoisotopic (exact) mass is 491 g/mol. The number of nitrogens with one attached hydrogen (secondary N) is 1. The zero-order valence-electron chi connectivity index (χ0n) is 18.9. The van der Waals surface area contributed by atoms with Gasteiger partial charge < -0.3 is 19.7 Å². The molecule has 9 nitrogen and oxygen atoms in total. The maximum absolute atomic E-state index is 13.2. The quantitative estimate of drug-likeness (QED) is 0.566. The number of hydrogen-bond donors (Lipinski definition) is 1. The van der Waals surface area contributed by atoms with Crippen molar-refractivity contribution in [2.45, 2.75) is 4.90 Å². The SMILES string of the molecule is COc1ccc(C=CC(=O)N(C)CC(=O)Nc2cccc(F)c2)cc1S(=O)(=O)N1CCOCC1. The highest BCUT2D eigenvalue weighted by Crippen LogP contribution is 2.28. The van der Waals surface area contributed by atoms with Gasteiger partial charge in [0.2, 0.25) is 21.8 Å². The van der Waals surface area contributed by atoms with E-state index in [1.807, 2.05) is 0 Å². The van der Waals surface area contributed by atoms with Crippen molar-refractivity contribution in [2.75, 3.05) is 52.3 Å². The van der Waals surface area contributed by atoms with Crippen LogP contribution in [0, 0.1) is 5.82 Å². The molecule has 3 rings (SSSR count). The summed E-state index contributed by atoms with van der Waals surface area (Å²) >= 11 is 0. The van der Waals surface area contributed by atoms with E-state index >= 15 is 0 Å². The highest BCUT2D eigenvalue weighted by molar-refractivity contribution is 7.89. The number of anilines is 1. The lowest BCUT2D eigenvalue weighted by Crippen LogP contribution is -2.40. The summed E-state index contributed by atoms with van der Waals surface area (Å²) in [5.74, 6) is -1.25. The zero-order chi connectivity index (χ0) is 24.7.